The van der Waals surface area contributed by atoms with E-state index in [2.05, 4.69) is 33.0 Å². The third-order valence-electron chi connectivity index (χ3n) is 3.42. The highest BCUT2D eigenvalue weighted by Crippen LogP contribution is 2.25. The summed E-state index contributed by atoms with van der Waals surface area (Å²) in [5.41, 5.74) is 1.43. The van der Waals surface area contributed by atoms with Gasteiger partial charge < -0.3 is 10.1 Å². The molecule has 0 spiro atoms. The van der Waals surface area contributed by atoms with Gasteiger partial charge >= 0.3 is 0 Å². The van der Waals surface area contributed by atoms with E-state index in [0.717, 1.165) is 32.6 Å². The van der Waals surface area contributed by atoms with E-state index >= 15 is 0 Å². The molecule has 0 saturated carbocycles. The lowest BCUT2D eigenvalue weighted by molar-refractivity contribution is 0.186. The summed E-state index contributed by atoms with van der Waals surface area (Å²) < 4.78 is 5.45. The molecule has 1 N–H and O–H groups in total. The average molecular weight is 282 g/mol. The highest BCUT2D eigenvalue weighted by molar-refractivity contribution is 7.11. The summed E-state index contributed by atoms with van der Waals surface area (Å²) in [4.78, 5) is 6.22. The number of rotatable bonds is 5. The summed E-state index contributed by atoms with van der Waals surface area (Å²) in [6.45, 7) is 11.6. The van der Waals surface area contributed by atoms with Crippen LogP contribution in [0.15, 0.2) is 0 Å². The van der Waals surface area contributed by atoms with E-state index < -0.39 is 0 Å². The molecule has 1 aromatic heterocycles. The van der Waals surface area contributed by atoms with Crippen LogP contribution in [-0.4, -0.2) is 23.7 Å². The van der Waals surface area contributed by atoms with Gasteiger partial charge in [0.25, 0.3) is 0 Å². The number of hydrogen-bond donors (Lipinski definition) is 1. The highest BCUT2D eigenvalue weighted by Gasteiger charge is 2.19. The lowest BCUT2D eigenvalue weighted by Crippen LogP contribution is -2.35. The fourth-order valence-electron chi connectivity index (χ4n) is 2.28. The Bertz CT molecular complexity index is 403. The first-order valence-corrected chi connectivity index (χ1v) is 8.10. The molecule has 108 valence electrons. The molecule has 0 bridgehead atoms. The van der Waals surface area contributed by atoms with Crippen molar-refractivity contribution in [2.24, 2.45) is 5.92 Å². The van der Waals surface area contributed by atoms with Gasteiger partial charge in [0.05, 0.1) is 10.7 Å². The standard InChI is InChI=1S/C15H26N2OS/c1-5-12-13(9-16-15(2,3)4)19-14(17-12)8-11-6-7-18-10-11/h11,16H,5-10H2,1-4H3. The van der Waals surface area contributed by atoms with Crippen molar-refractivity contribution in [1.82, 2.24) is 10.3 Å². The molecular formula is C15H26N2OS. The lowest BCUT2D eigenvalue weighted by atomic mass is 10.1. The number of thiazole rings is 1. The van der Waals surface area contributed by atoms with E-state index in [1.54, 1.807) is 0 Å². The molecule has 2 heterocycles. The van der Waals surface area contributed by atoms with Crippen LogP contribution in [0.1, 0.15) is 49.7 Å². The minimum Gasteiger partial charge on any atom is -0.381 e. The van der Waals surface area contributed by atoms with Crippen LogP contribution in [0.4, 0.5) is 0 Å². The highest BCUT2D eigenvalue weighted by atomic mass is 32.1. The molecule has 1 saturated heterocycles. The summed E-state index contributed by atoms with van der Waals surface area (Å²) in [5, 5.41) is 4.86. The van der Waals surface area contributed by atoms with Gasteiger partial charge in [0, 0.05) is 36.6 Å². The van der Waals surface area contributed by atoms with Gasteiger partial charge in [0.1, 0.15) is 0 Å². The average Bonchev–Trinajstić information content (AvgIpc) is 2.95. The van der Waals surface area contributed by atoms with Crippen molar-refractivity contribution in [3.8, 4) is 0 Å². The summed E-state index contributed by atoms with van der Waals surface area (Å²) in [7, 11) is 0. The minimum absolute atomic E-state index is 0.161. The van der Waals surface area contributed by atoms with Gasteiger partial charge in [-0.15, -0.1) is 11.3 Å². The molecule has 1 atom stereocenters. The van der Waals surface area contributed by atoms with Crippen LogP contribution in [0.25, 0.3) is 0 Å². The van der Waals surface area contributed by atoms with E-state index in [4.69, 9.17) is 9.72 Å². The first kappa shape index (κ1) is 14.9. The molecule has 0 aromatic carbocycles. The van der Waals surface area contributed by atoms with E-state index in [1.807, 2.05) is 11.3 Å². The van der Waals surface area contributed by atoms with Crippen LogP contribution in [0.5, 0.6) is 0 Å². The maximum atomic E-state index is 5.45. The molecule has 4 heteroatoms. The number of hydrogen-bond acceptors (Lipinski definition) is 4. The molecule has 1 aliphatic heterocycles. The molecule has 19 heavy (non-hydrogen) atoms. The Morgan fingerprint density at radius 2 is 2.21 bits per heavy atom. The topological polar surface area (TPSA) is 34.1 Å². The Hall–Kier alpha value is -0.450. The summed E-state index contributed by atoms with van der Waals surface area (Å²) in [5.74, 6) is 0.680. The molecule has 1 unspecified atom stereocenters. The molecule has 0 amide bonds. The summed E-state index contributed by atoms with van der Waals surface area (Å²) >= 11 is 1.88. The van der Waals surface area contributed by atoms with Gasteiger partial charge in [-0.1, -0.05) is 6.92 Å². The van der Waals surface area contributed by atoms with Crippen molar-refractivity contribution < 1.29 is 4.74 Å². The van der Waals surface area contributed by atoms with Crippen molar-refractivity contribution in [1.29, 1.82) is 0 Å². The third kappa shape index (κ3) is 4.55. The van der Waals surface area contributed by atoms with Gasteiger partial charge in [-0.2, -0.15) is 0 Å². The van der Waals surface area contributed by atoms with Gasteiger partial charge in [-0.3, -0.25) is 0 Å². The van der Waals surface area contributed by atoms with Crippen LogP contribution in [0, 0.1) is 5.92 Å². The fourth-order valence-corrected chi connectivity index (χ4v) is 3.49. The van der Waals surface area contributed by atoms with Crippen molar-refractivity contribution in [3.63, 3.8) is 0 Å². The zero-order valence-corrected chi connectivity index (χ0v) is 13.4. The smallest absolute Gasteiger partial charge is 0.0935 e. The minimum atomic E-state index is 0.161. The Labute approximate surface area is 120 Å². The van der Waals surface area contributed by atoms with Gasteiger partial charge in [0.15, 0.2) is 0 Å². The summed E-state index contributed by atoms with van der Waals surface area (Å²) in [6, 6.07) is 0. The maximum absolute atomic E-state index is 5.45. The van der Waals surface area contributed by atoms with Crippen LogP contribution in [-0.2, 0) is 24.1 Å². The zero-order chi connectivity index (χ0) is 13.9. The number of ether oxygens (including phenoxy) is 1. The largest absolute Gasteiger partial charge is 0.381 e. The van der Waals surface area contributed by atoms with Gasteiger partial charge in [0.2, 0.25) is 0 Å². The van der Waals surface area contributed by atoms with Crippen molar-refractivity contribution >= 4 is 11.3 Å². The Kier molecular flexibility index (Phi) is 4.98. The first-order valence-electron chi connectivity index (χ1n) is 7.28. The van der Waals surface area contributed by atoms with Gasteiger partial charge in [-0.25, -0.2) is 4.98 Å². The molecule has 0 radical (unpaired) electrons. The molecule has 2 rings (SSSR count). The van der Waals surface area contributed by atoms with Crippen molar-refractivity contribution in [2.45, 2.75) is 59.0 Å². The van der Waals surface area contributed by atoms with Crippen LogP contribution in [0.3, 0.4) is 0 Å². The Balaban J connectivity index is 1.99. The Morgan fingerprint density at radius 3 is 2.79 bits per heavy atom. The van der Waals surface area contributed by atoms with E-state index in [-0.39, 0.29) is 5.54 Å². The normalized spacial score (nSPS) is 20.1. The quantitative estimate of drug-likeness (QED) is 0.900. The second-order valence-electron chi connectivity index (χ2n) is 6.37. The maximum Gasteiger partial charge on any atom is 0.0935 e. The second-order valence-corrected chi connectivity index (χ2v) is 7.54. The Morgan fingerprint density at radius 1 is 1.42 bits per heavy atom. The molecule has 1 fully saturated rings. The molecule has 0 aliphatic carbocycles. The monoisotopic (exact) mass is 282 g/mol. The van der Waals surface area contributed by atoms with E-state index in [1.165, 1.54) is 22.0 Å². The van der Waals surface area contributed by atoms with Crippen LogP contribution in [0.2, 0.25) is 0 Å². The predicted octanol–water partition coefficient (Wildman–Crippen LogP) is 3.17. The molecular weight excluding hydrogens is 256 g/mol. The third-order valence-corrected chi connectivity index (χ3v) is 4.54. The SMILES string of the molecule is CCc1nc(CC2CCOC2)sc1CNC(C)(C)C. The lowest BCUT2D eigenvalue weighted by Gasteiger charge is -2.20. The second kappa shape index (κ2) is 6.33. The molecule has 1 aliphatic rings. The van der Waals surface area contributed by atoms with Crippen molar-refractivity contribution in [2.75, 3.05) is 13.2 Å². The number of aromatic nitrogens is 1. The van der Waals surface area contributed by atoms with E-state index in [0.29, 0.717) is 5.92 Å². The number of nitrogens with zero attached hydrogens (tertiary/aromatic N) is 1. The first-order chi connectivity index (χ1) is 8.98. The predicted molar refractivity (Wildman–Crippen MR) is 80.7 cm³/mol. The number of nitrogens with one attached hydrogen (secondary N) is 1. The zero-order valence-electron chi connectivity index (χ0n) is 12.6. The molecule has 1 aromatic rings. The summed E-state index contributed by atoms with van der Waals surface area (Å²) in [6.07, 6.45) is 3.31. The van der Waals surface area contributed by atoms with Crippen molar-refractivity contribution in [3.05, 3.63) is 15.6 Å². The fraction of sp³-hybridized carbons (Fsp3) is 0.800. The molecule has 3 nitrogen and oxygen atoms in total. The van der Waals surface area contributed by atoms with E-state index in [9.17, 15) is 0 Å². The van der Waals surface area contributed by atoms with Gasteiger partial charge in [-0.05, 0) is 39.5 Å². The van der Waals surface area contributed by atoms with Crippen LogP contribution < -0.4 is 5.32 Å². The number of aryl methyl sites for hydroxylation is 1. The van der Waals surface area contributed by atoms with Crippen LogP contribution >= 0.6 is 11.3 Å².